The van der Waals surface area contributed by atoms with Gasteiger partial charge >= 0.3 is 5.97 Å². The van der Waals surface area contributed by atoms with Gasteiger partial charge in [0, 0.05) is 12.4 Å². The summed E-state index contributed by atoms with van der Waals surface area (Å²) in [4.78, 5) is 15.4. The summed E-state index contributed by atoms with van der Waals surface area (Å²) in [6, 6.07) is 9.77. The Hall–Kier alpha value is -3.02. The molecule has 0 amide bonds. The van der Waals surface area contributed by atoms with Crippen molar-refractivity contribution in [2.75, 3.05) is 0 Å². The number of aromatic carboxylic acids is 1. The molecule has 0 fully saturated rings. The molecule has 0 unspecified atom stereocenters. The maximum Gasteiger partial charge on any atom is 0.339 e. The number of fused-ring (bicyclic) bond motifs is 1. The number of imidazole rings is 1. The molecular weight excluding hydrogens is 272 g/mol. The van der Waals surface area contributed by atoms with Crippen molar-refractivity contribution in [1.82, 2.24) is 9.38 Å². The topological polar surface area (TPSA) is 84.1 Å². The van der Waals surface area contributed by atoms with Gasteiger partial charge in [0.1, 0.15) is 12.2 Å². The van der Waals surface area contributed by atoms with Gasteiger partial charge in [-0.05, 0) is 24.3 Å². The van der Waals surface area contributed by atoms with E-state index in [0.717, 1.165) is 0 Å². The second-order valence-corrected chi connectivity index (χ2v) is 4.45. The first-order valence-electron chi connectivity index (χ1n) is 6.26. The zero-order valence-corrected chi connectivity index (χ0v) is 10.9. The Labute approximate surface area is 119 Å². The van der Waals surface area contributed by atoms with Gasteiger partial charge in [-0.15, -0.1) is 0 Å². The largest absolute Gasteiger partial charge is 0.504 e. The molecule has 0 saturated carbocycles. The van der Waals surface area contributed by atoms with Crippen LogP contribution >= 0.6 is 0 Å². The van der Waals surface area contributed by atoms with E-state index in [0.29, 0.717) is 17.1 Å². The summed E-state index contributed by atoms with van der Waals surface area (Å²) in [5.41, 5.74) is 1.07. The highest BCUT2D eigenvalue weighted by atomic mass is 16.5. The van der Waals surface area contributed by atoms with Gasteiger partial charge in [-0.25, -0.2) is 9.78 Å². The Kier molecular flexibility index (Phi) is 3.19. The van der Waals surface area contributed by atoms with Crippen molar-refractivity contribution in [2.24, 2.45) is 0 Å². The van der Waals surface area contributed by atoms with Crippen molar-refractivity contribution in [3.8, 4) is 11.5 Å². The molecule has 6 heteroatoms. The summed E-state index contributed by atoms with van der Waals surface area (Å²) in [5.74, 6) is -0.625. The number of carboxylic acids is 1. The first-order chi connectivity index (χ1) is 10.1. The standard InChI is InChI=1S/C15H12N2O4/c18-12-5-1-2-6-13(12)21-9-10-8-17-7-3-4-11(15(19)20)14(17)16-10/h1-8,18H,9H2,(H,19,20). The summed E-state index contributed by atoms with van der Waals surface area (Å²) in [7, 11) is 0. The number of ether oxygens (including phenoxy) is 1. The predicted octanol–water partition coefficient (Wildman–Crippen LogP) is 2.32. The molecule has 2 N–H and O–H groups in total. The Bertz CT molecular complexity index is 810. The number of aromatic hydroxyl groups is 1. The molecule has 0 saturated heterocycles. The average Bonchev–Trinajstić information content (AvgIpc) is 2.88. The van der Waals surface area contributed by atoms with Crippen molar-refractivity contribution < 1.29 is 19.7 Å². The van der Waals surface area contributed by atoms with Crippen LogP contribution in [-0.4, -0.2) is 25.6 Å². The lowest BCUT2D eigenvalue weighted by Gasteiger charge is -2.05. The zero-order valence-electron chi connectivity index (χ0n) is 10.9. The third-order valence-electron chi connectivity index (χ3n) is 3.00. The van der Waals surface area contributed by atoms with Crippen LogP contribution in [0.2, 0.25) is 0 Å². The quantitative estimate of drug-likeness (QED) is 0.768. The van der Waals surface area contributed by atoms with Gasteiger partial charge in [0.2, 0.25) is 0 Å². The van der Waals surface area contributed by atoms with E-state index in [9.17, 15) is 9.90 Å². The second kappa shape index (κ2) is 5.16. The van der Waals surface area contributed by atoms with Crippen LogP contribution in [0.3, 0.4) is 0 Å². The van der Waals surface area contributed by atoms with E-state index < -0.39 is 5.97 Å². The molecule has 106 valence electrons. The molecular formula is C15H12N2O4. The van der Waals surface area contributed by atoms with Gasteiger partial charge in [0.05, 0.1) is 5.69 Å². The number of pyridine rings is 1. The summed E-state index contributed by atoms with van der Waals surface area (Å²) in [6.45, 7) is 0.137. The van der Waals surface area contributed by atoms with Crippen LogP contribution in [0.4, 0.5) is 0 Å². The molecule has 21 heavy (non-hydrogen) atoms. The van der Waals surface area contributed by atoms with Gasteiger partial charge in [-0.2, -0.15) is 0 Å². The van der Waals surface area contributed by atoms with E-state index in [1.54, 1.807) is 41.1 Å². The molecule has 0 aliphatic rings. The molecule has 2 aromatic heterocycles. The third-order valence-corrected chi connectivity index (χ3v) is 3.00. The van der Waals surface area contributed by atoms with Gasteiger partial charge in [-0.3, -0.25) is 0 Å². The Morgan fingerprint density at radius 3 is 2.81 bits per heavy atom. The Morgan fingerprint density at radius 2 is 2.05 bits per heavy atom. The highest BCUT2D eigenvalue weighted by Crippen LogP contribution is 2.25. The number of benzene rings is 1. The fourth-order valence-electron chi connectivity index (χ4n) is 2.03. The molecule has 0 spiro atoms. The van der Waals surface area contributed by atoms with E-state index in [-0.39, 0.29) is 17.9 Å². The minimum Gasteiger partial charge on any atom is -0.504 e. The van der Waals surface area contributed by atoms with Crippen molar-refractivity contribution in [3.63, 3.8) is 0 Å². The molecule has 2 heterocycles. The second-order valence-electron chi connectivity index (χ2n) is 4.45. The molecule has 0 radical (unpaired) electrons. The van der Waals surface area contributed by atoms with Crippen LogP contribution in [0.15, 0.2) is 48.8 Å². The summed E-state index contributed by atoms with van der Waals surface area (Å²) < 4.78 is 7.11. The van der Waals surface area contributed by atoms with Gasteiger partial charge < -0.3 is 19.4 Å². The maximum atomic E-state index is 11.1. The lowest BCUT2D eigenvalue weighted by Crippen LogP contribution is -2.00. The number of phenols is 1. The Morgan fingerprint density at radius 1 is 1.24 bits per heavy atom. The van der Waals surface area contributed by atoms with Crippen molar-refractivity contribution in [2.45, 2.75) is 6.61 Å². The van der Waals surface area contributed by atoms with Crippen LogP contribution in [0.25, 0.3) is 5.65 Å². The molecule has 1 aromatic carbocycles. The summed E-state index contributed by atoms with van der Waals surface area (Å²) in [5, 5.41) is 18.7. The number of phenolic OH excluding ortho intramolecular Hbond substituents is 1. The maximum absolute atomic E-state index is 11.1. The normalized spacial score (nSPS) is 10.7. The lowest BCUT2D eigenvalue weighted by molar-refractivity contribution is 0.0698. The van der Waals surface area contributed by atoms with Crippen molar-refractivity contribution in [1.29, 1.82) is 0 Å². The fraction of sp³-hybridized carbons (Fsp3) is 0.0667. The SMILES string of the molecule is O=C(O)c1cccn2cc(COc3ccccc3O)nc12. The first kappa shape index (κ1) is 13.0. The van der Waals surface area contributed by atoms with Crippen LogP contribution in [0.5, 0.6) is 11.5 Å². The highest BCUT2D eigenvalue weighted by molar-refractivity contribution is 5.94. The molecule has 0 atom stereocenters. The van der Waals surface area contributed by atoms with E-state index in [1.807, 2.05) is 0 Å². The van der Waals surface area contributed by atoms with Crippen LogP contribution < -0.4 is 4.74 Å². The Balaban J connectivity index is 1.87. The predicted molar refractivity (Wildman–Crippen MR) is 74.6 cm³/mol. The van der Waals surface area contributed by atoms with Crippen LogP contribution in [-0.2, 0) is 6.61 Å². The van der Waals surface area contributed by atoms with Gasteiger partial charge in [0.15, 0.2) is 17.1 Å². The summed E-state index contributed by atoms with van der Waals surface area (Å²) in [6.07, 6.45) is 3.42. The molecule has 3 aromatic rings. The summed E-state index contributed by atoms with van der Waals surface area (Å²) >= 11 is 0. The van der Waals surface area contributed by atoms with Crippen LogP contribution in [0.1, 0.15) is 16.1 Å². The minimum absolute atomic E-state index is 0.0486. The molecule has 0 aliphatic carbocycles. The number of rotatable bonds is 4. The smallest absolute Gasteiger partial charge is 0.339 e. The van der Waals surface area contributed by atoms with Crippen molar-refractivity contribution >= 4 is 11.6 Å². The van der Waals surface area contributed by atoms with E-state index in [2.05, 4.69) is 4.98 Å². The molecule has 0 bridgehead atoms. The van der Waals surface area contributed by atoms with Gasteiger partial charge in [-0.1, -0.05) is 12.1 Å². The van der Waals surface area contributed by atoms with Crippen molar-refractivity contribution in [3.05, 3.63) is 60.0 Å². The third kappa shape index (κ3) is 2.51. The monoisotopic (exact) mass is 284 g/mol. The fourth-order valence-corrected chi connectivity index (χ4v) is 2.03. The molecule has 3 rings (SSSR count). The van der Waals surface area contributed by atoms with E-state index in [1.165, 1.54) is 12.1 Å². The highest BCUT2D eigenvalue weighted by Gasteiger charge is 2.12. The number of aromatic nitrogens is 2. The lowest BCUT2D eigenvalue weighted by atomic mass is 10.3. The number of hydrogen-bond acceptors (Lipinski definition) is 4. The first-order valence-corrected chi connectivity index (χ1v) is 6.26. The number of carbonyl (C=O) groups is 1. The number of carboxylic acid groups (broad SMARTS) is 1. The van der Waals surface area contributed by atoms with E-state index >= 15 is 0 Å². The van der Waals surface area contributed by atoms with E-state index in [4.69, 9.17) is 9.84 Å². The number of hydrogen-bond donors (Lipinski definition) is 2. The number of para-hydroxylation sites is 2. The molecule has 6 nitrogen and oxygen atoms in total. The van der Waals surface area contributed by atoms with Gasteiger partial charge in [0.25, 0.3) is 0 Å². The zero-order chi connectivity index (χ0) is 14.8. The number of nitrogens with zero attached hydrogens (tertiary/aromatic N) is 2. The average molecular weight is 284 g/mol. The van der Waals surface area contributed by atoms with Crippen LogP contribution in [0, 0.1) is 0 Å². The minimum atomic E-state index is -1.03. The molecule has 0 aliphatic heterocycles.